The minimum absolute atomic E-state index is 0.106. The first-order chi connectivity index (χ1) is 8.97. The maximum atomic E-state index is 13.1. The summed E-state index contributed by atoms with van der Waals surface area (Å²) in [5.41, 5.74) is 5.57. The van der Waals surface area contributed by atoms with Gasteiger partial charge < -0.3 is 10.5 Å². The van der Waals surface area contributed by atoms with Gasteiger partial charge >= 0.3 is 5.69 Å². The quantitative estimate of drug-likeness (QED) is 0.679. The van der Waals surface area contributed by atoms with E-state index in [-0.39, 0.29) is 23.2 Å². The van der Waals surface area contributed by atoms with E-state index in [1.165, 1.54) is 30.3 Å². The van der Waals surface area contributed by atoms with E-state index in [9.17, 15) is 14.5 Å². The topological polar surface area (TPSA) is 91.3 Å². The van der Waals surface area contributed by atoms with Crippen molar-refractivity contribution >= 4 is 11.5 Å². The Hall–Kier alpha value is -2.70. The van der Waals surface area contributed by atoms with Gasteiger partial charge in [-0.15, -0.1) is 0 Å². The van der Waals surface area contributed by atoms with E-state index in [2.05, 4.69) is 4.98 Å². The summed E-state index contributed by atoms with van der Waals surface area (Å²) < 4.78 is 18.4. The summed E-state index contributed by atoms with van der Waals surface area (Å²) in [7, 11) is 0. The van der Waals surface area contributed by atoms with Gasteiger partial charge in [0, 0.05) is 12.1 Å². The van der Waals surface area contributed by atoms with Gasteiger partial charge in [0.15, 0.2) is 0 Å². The molecule has 2 N–H and O–H groups in total. The van der Waals surface area contributed by atoms with Crippen molar-refractivity contribution in [2.24, 2.45) is 0 Å². The number of ether oxygens (including phenoxy) is 1. The lowest BCUT2D eigenvalue weighted by Crippen LogP contribution is -1.99. The summed E-state index contributed by atoms with van der Waals surface area (Å²) in [6.07, 6.45) is 0. The third-order valence-electron chi connectivity index (χ3n) is 2.43. The Morgan fingerprint density at radius 1 is 1.37 bits per heavy atom. The molecule has 6 nitrogen and oxygen atoms in total. The Kier molecular flexibility index (Phi) is 3.28. The Morgan fingerprint density at radius 2 is 2.11 bits per heavy atom. The van der Waals surface area contributed by atoms with Crippen LogP contribution in [0, 0.1) is 22.9 Å². The van der Waals surface area contributed by atoms with Gasteiger partial charge in [-0.2, -0.15) is 4.98 Å². The van der Waals surface area contributed by atoms with E-state index in [4.69, 9.17) is 10.5 Å². The smallest absolute Gasteiger partial charge is 0.311 e. The van der Waals surface area contributed by atoms with E-state index in [1.807, 2.05) is 0 Å². The van der Waals surface area contributed by atoms with Gasteiger partial charge in [-0.3, -0.25) is 10.1 Å². The Bertz CT molecular complexity index is 646. The highest BCUT2D eigenvalue weighted by Crippen LogP contribution is 2.26. The summed E-state index contributed by atoms with van der Waals surface area (Å²) in [4.78, 5) is 13.7. The molecule has 0 spiro atoms. The molecular formula is C12H10FN3O3. The van der Waals surface area contributed by atoms with Crippen molar-refractivity contribution < 1.29 is 14.1 Å². The highest BCUT2D eigenvalue weighted by atomic mass is 19.1. The molecule has 2 rings (SSSR count). The van der Waals surface area contributed by atoms with E-state index in [0.717, 1.165) is 0 Å². The average molecular weight is 263 g/mol. The van der Waals surface area contributed by atoms with Crippen LogP contribution in [0.5, 0.6) is 11.6 Å². The first-order valence-electron chi connectivity index (χ1n) is 5.32. The van der Waals surface area contributed by atoms with Crippen molar-refractivity contribution in [2.75, 3.05) is 5.73 Å². The second kappa shape index (κ2) is 4.89. The second-order valence-electron chi connectivity index (χ2n) is 3.82. The van der Waals surface area contributed by atoms with Crippen molar-refractivity contribution in [3.05, 3.63) is 51.8 Å². The van der Waals surface area contributed by atoms with Crippen LogP contribution in [-0.4, -0.2) is 9.91 Å². The summed E-state index contributed by atoms with van der Waals surface area (Å²) >= 11 is 0. The van der Waals surface area contributed by atoms with Crippen molar-refractivity contribution in [3.8, 4) is 11.6 Å². The third kappa shape index (κ3) is 2.76. The number of hydrogen-bond acceptors (Lipinski definition) is 5. The normalized spacial score (nSPS) is 10.2. The first-order valence-corrected chi connectivity index (χ1v) is 5.32. The number of anilines is 1. The van der Waals surface area contributed by atoms with Crippen molar-refractivity contribution in [2.45, 2.75) is 6.92 Å². The minimum Gasteiger partial charge on any atom is -0.439 e. The number of nitrogens with zero attached hydrogens (tertiary/aromatic N) is 2. The highest BCUT2D eigenvalue weighted by Gasteiger charge is 2.13. The number of nitro groups is 1. The molecule has 0 saturated carbocycles. The molecule has 0 unspecified atom stereocenters. The van der Waals surface area contributed by atoms with Gasteiger partial charge in [-0.05, 0) is 30.7 Å². The third-order valence-corrected chi connectivity index (χ3v) is 2.43. The molecule has 0 bridgehead atoms. The first kappa shape index (κ1) is 12.7. The number of aryl methyl sites for hydroxylation is 1. The summed E-state index contributed by atoms with van der Waals surface area (Å²) in [6.45, 7) is 1.60. The lowest BCUT2D eigenvalue weighted by atomic mass is 10.2. The van der Waals surface area contributed by atoms with Gasteiger partial charge in [0.25, 0.3) is 0 Å². The zero-order chi connectivity index (χ0) is 14.0. The number of nitrogens with two attached hydrogens (primary N) is 1. The number of aromatic nitrogens is 1. The maximum Gasteiger partial charge on any atom is 0.311 e. The number of hydrogen-bond donors (Lipinski definition) is 1. The summed E-state index contributed by atoms with van der Waals surface area (Å²) in [6, 6.07) is 6.72. The standard InChI is InChI=1S/C12H10FN3O3/c1-7-6-8(2-3-9(7)13)19-11-5-4-10(16(17)18)12(14)15-11/h2-6H,1H3,(H2,14,15). The monoisotopic (exact) mass is 263 g/mol. The second-order valence-corrected chi connectivity index (χ2v) is 3.82. The van der Waals surface area contributed by atoms with Gasteiger partial charge in [-0.1, -0.05) is 0 Å². The molecule has 2 aromatic rings. The zero-order valence-corrected chi connectivity index (χ0v) is 9.96. The molecule has 0 amide bonds. The summed E-state index contributed by atoms with van der Waals surface area (Å²) in [5, 5.41) is 10.6. The average Bonchev–Trinajstić information content (AvgIpc) is 2.33. The van der Waals surface area contributed by atoms with Crippen molar-refractivity contribution in [1.29, 1.82) is 0 Å². The van der Waals surface area contributed by atoms with Gasteiger partial charge in [0.05, 0.1) is 4.92 Å². The Morgan fingerprint density at radius 3 is 2.68 bits per heavy atom. The SMILES string of the molecule is Cc1cc(Oc2ccc([N+](=O)[O-])c(N)n2)ccc1F. The van der Waals surface area contributed by atoms with Crippen molar-refractivity contribution in [3.63, 3.8) is 0 Å². The van der Waals surface area contributed by atoms with Crippen LogP contribution in [0.4, 0.5) is 15.9 Å². The molecule has 0 aliphatic heterocycles. The van der Waals surface area contributed by atoms with Crippen LogP contribution in [0.2, 0.25) is 0 Å². The van der Waals surface area contributed by atoms with Crippen LogP contribution in [0.3, 0.4) is 0 Å². The van der Waals surface area contributed by atoms with E-state index in [0.29, 0.717) is 11.3 Å². The Labute approximate surface area is 107 Å². The van der Waals surface area contributed by atoms with E-state index in [1.54, 1.807) is 6.92 Å². The van der Waals surface area contributed by atoms with Crippen LogP contribution in [0.15, 0.2) is 30.3 Å². The largest absolute Gasteiger partial charge is 0.439 e. The molecule has 0 saturated heterocycles. The summed E-state index contributed by atoms with van der Waals surface area (Å²) in [5.74, 6) is -0.0985. The molecule has 0 radical (unpaired) electrons. The number of benzene rings is 1. The van der Waals surface area contributed by atoms with Gasteiger partial charge in [0.2, 0.25) is 11.7 Å². The fourth-order valence-corrected chi connectivity index (χ4v) is 1.46. The van der Waals surface area contributed by atoms with Crippen LogP contribution >= 0.6 is 0 Å². The van der Waals surface area contributed by atoms with Crippen molar-refractivity contribution in [1.82, 2.24) is 4.98 Å². The minimum atomic E-state index is -0.631. The molecule has 0 fully saturated rings. The molecule has 1 aromatic heterocycles. The fraction of sp³-hybridized carbons (Fsp3) is 0.0833. The zero-order valence-electron chi connectivity index (χ0n) is 9.96. The predicted molar refractivity (Wildman–Crippen MR) is 66.5 cm³/mol. The molecule has 1 heterocycles. The van der Waals surface area contributed by atoms with Crippen LogP contribution < -0.4 is 10.5 Å². The van der Waals surface area contributed by atoms with Crippen LogP contribution in [-0.2, 0) is 0 Å². The van der Waals surface area contributed by atoms with E-state index >= 15 is 0 Å². The Balaban J connectivity index is 2.26. The lowest BCUT2D eigenvalue weighted by Gasteiger charge is -2.06. The number of nitrogen functional groups attached to an aromatic ring is 1. The number of halogens is 1. The predicted octanol–water partition coefficient (Wildman–Crippen LogP) is 2.81. The van der Waals surface area contributed by atoms with E-state index < -0.39 is 4.92 Å². The number of rotatable bonds is 3. The van der Waals surface area contributed by atoms with Crippen LogP contribution in [0.1, 0.15) is 5.56 Å². The lowest BCUT2D eigenvalue weighted by molar-refractivity contribution is -0.384. The van der Waals surface area contributed by atoms with Crippen LogP contribution in [0.25, 0.3) is 0 Å². The molecule has 0 aliphatic carbocycles. The fourth-order valence-electron chi connectivity index (χ4n) is 1.46. The number of pyridine rings is 1. The molecular weight excluding hydrogens is 253 g/mol. The van der Waals surface area contributed by atoms with Gasteiger partial charge in [-0.25, -0.2) is 4.39 Å². The molecule has 0 atom stereocenters. The molecule has 98 valence electrons. The van der Waals surface area contributed by atoms with Gasteiger partial charge in [0.1, 0.15) is 11.6 Å². The molecule has 0 aliphatic rings. The highest BCUT2D eigenvalue weighted by molar-refractivity contribution is 5.53. The maximum absolute atomic E-state index is 13.1. The molecule has 7 heteroatoms. The molecule has 19 heavy (non-hydrogen) atoms. The molecule has 1 aromatic carbocycles.